The average Bonchev–Trinajstić information content (AvgIpc) is 2.56. The van der Waals surface area contributed by atoms with Crippen LogP contribution in [-0.2, 0) is 41.6 Å². The SMILES string of the molecule is CC(=O)CC(=O)Cc1ccc(CNC(=O)COCCCOC(C)=O)cc1. The minimum atomic E-state index is -0.336. The van der Waals surface area contributed by atoms with Crippen LogP contribution in [0.4, 0.5) is 0 Å². The van der Waals surface area contributed by atoms with Crippen molar-refractivity contribution in [1.29, 1.82) is 0 Å². The van der Waals surface area contributed by atoms with Crippen LogP contribution in [0.2, 0.25) is 0 Å². The fourth-order valence-electron chi connectivity index (χ4n) is 2.14. The van der Waals surface area contributed by atoms with Crippen molar-refractivity contribution < 1.29 is 28.7 Å². The normalized spacial score (nSPS) is 10.2. The molecule has 7 heteroatoms. The predicted octanol–water partition coefficient (Wildman–Crippen LogP) is 1.36. The monoisotopic (exact) mass is 363 g/mol. The van der Waals surface area contributed by atoms with Crippen LogP contribution in [0.1, 0.15) is 37.8 Å². The third-order valence-electron chi connectivity index (χ3n) is 3.33. The second-order valence-electron chi connectivity index (χ2n) is 5.93. The van der Waals surface area contributed by atoms with Gasteiger partial charge in [-0.15, -0.1) is 0 Å². The smallest absolute Gasteiger partial charge is 0.302 e. The first-order valence-corrected chi connectivity index (χ1v) is 8.43. The van der Waals surface area contributed by atoms with Crippen LogP contribution in [0.15, 0.2) is 24.3 Å². The van der Waals surface area contributed by atoms with Crippen molar-refractivity contribution in [2.24, 2.45) is 0 Å². The second-order valence-corrected chi connectivity index (χ2v) is 5.93. The lowest BCUT2D eigenvalue weighted by Crippen LogP contribution is -2.27. The number of carbonyl (C=O) groups is 4. The molecule has 0 fully saturated rings. The summed E-state index contributed by atoms with van der Waals surface area (Å²) in [6.07, 6.45) is 0.725. The number of amides is 1. The molecular formula is C19H25NO6. The Balaban J connectivity index is 2.22. The van der Waals surface area contributed by atoms with Gasteiger partial charge in [0.2, 0.25) is 5.91 Å². The maximum atomic E-state index is 11.7. The molecule has 0 spiro atoms. The van der Waals surface area contributed by atoms with Gasteiger partial charge < -0.3 is 14.8 Å². The van der Waals surface area contributed by atoms with Crippen molar-refractivity contribution in [2.45, 2.75) is 39.7 Å². The van der Waals surface area contributed by atoms with Crippen LogP contribution in [0.25, 0.3) is 0 Å². The zero-order chi connectivity index (χ0) is 19.4. The Morgan fingerprint density at radius 3 is 2.23 bits per heavy atom. The van der Waals surface area contributed by atoms with Crippen molar-refractivity contribution in [3.63, 3.8) is 0 Å². The molecule has 0 saturated carbocycles. The van der Waals surface area contributed by atoms with E-state index in [4.69, 9.17) is 9.47 Å². The van der Waals surface area contributed by atoms with Gasteiger partial charge in [0, 0.05) is 26.3 Å². The Morgan fingerprint density at radius 1 is 0.962 bits per heavy atom. The Morgan fingerprint density at radius 2 is 1.62 bits per heavy atom. The number of benzene rings is 1. The van der Waals surface area contributed by atoms with Gasteiger partial charge in [-0.3, -0.25) is 19.2 Å². The first-order chi connectivity index (χ1) is 12.4. The molecule has 0 saturated heterocycles. The summed E-state index contributed by atoms with van der Waals surface area (Å²) in [6, 6.07) is 7.28. The minimum absolute atomic E-state index is 0.0430. The van der Waals surface area contributed by atoms with E-state index in [1.54, 1.807) is 0 Å². The lowest BCUT2D eigenvalue weighted by Gasteiger charge is -2.07. The second kappa shape index (κ2) is 11.9. The number of Topliss-reactive ketones (excluding diaryl/α,β-unsaturated/α-hetero) is 2. The van der Waals surface area contributed by atoms with Gasteiger partial charge in [0.15, 0.2) is 0 Å². The van der Waals surface area contributed by atoms with Crippen molar-refractivity contribution >= 4 is 23.4 Å². The van der Waals surface area contributed by atoms with E-state index >= 15 is 0 Å². The highest BCUT2D eigenvalue weighted by atomic mass is 16.5. The van der Waals surface area contributed by atoms with E-state index < -0.39 is 0 Å². The van der Waals surface area contributed by atoms with Crippen LogP contribution < -0.4 is 5.32 Å². The lowest BCUT2D eigenvalue weighted by molar-refractivity contribution is -0.141. The van der Waals surface area contributed by atoms with E-state index in [2.05, 4.69) is 5.32 Å². The van der Waals surface area contributed by atoms with Gasteiger partial charge in [-0.05, 0) is 18.1 Å². The minimum Gasteiger partial charge on any atom is -0.466 e. The molecule has 0 unspecified atom stereocenters. The molecule has 1 aromatic carbocycles. The summed E-state index contributed by atoms with van der Waals surface area (Å²) >= 11 is 0. The number of carbonyl (C=O) groups excluding carboxylic acids is 4. The molecule has 1 aromatic rings. The summed E-state index contributed by atoms with van der Waals surface area (Å²) < 4.78 is 9.94. The largest absolute Gasteiger partial charge is 0.466 e. The van der Waals surface area contributed by atoms with Crippen LogP contribution in [0, 0.1) is 0 Å². The summed E-state index contributed by atoms with van der Waals surface area (Å²) in [7, 11) is 0. The summed E-state index contributed by atoms with van der Waals surface area (Å²) in [4.78, 5) is 44.8. The molecule has 0 atom stereocenters. The Kier molecular flexibility index (Phi) is 9.86. The van der Waals surface area contributed by atoms with Crippen LogP contribution in [0.3, 0.4) is 0 Å². The molecule has 7 nitrogen and oxygen atoms in total. The first kappa shape index (κ1) is 21.5. The standard InChI is InChI=1S/C19H25NO6/c1-14(21)10-18(23)11-16-4-6-17(7-5-16)12-20-19(24)13-25-8-3-9-26-15(2)22/h4-7H,3,8-13H2,1-2H3,(H,20,24). The third-order valence-corrected chi connectivity index (χ3v) is 3.33. The highest BCUT2D eigenvalue weighted by molar-refractivity contribution is 5.98. The molecule has 0 aliphatic heterocycles. The van der Waals surface area contributed by atoms with Gasteiger partial charge in [-0.25, -0.2) is 0 Å². The third kappa shape index (κ3) is 10.4. The number of hydrogen-bond donors (Lipinski definition) is 1. The van der Waals surface area contributed by atoms with Crippen LogP contribution in [-0.4, -0.2) is 43.3 Å². The van der Waals surface area contributed by atoms with E-state index in [9.17, 15) is 19.2 Å². The number of hydrogen-bond acceptors (Lipinski definition) is 6. The van der Waals surface area contributed by atoms with Crippen molar-refractivity contribution in [2.75, 3.05) is 19.8 Å². The summed E-state index contributed by atoms with van der Waals surface area (Å²) in [6.45, 7) is 3.65. The van der Waals surface area contributed by atoms with E-state index in [0.29, 0.717) is 19.6 Å². The fourth-order valence-corrected chi connectivity index (χ4v) is 2.14. The Hall–Kier alpha value is -2.54. The summed E-state index contributed by atoms with van der Waals surface area (Å²) in [5, 5.41) is 2.73. The maximum Gasteiger partial charge on any atom is 0.302 e. The van der Waals surface area contributed by atoms with Crippen LogP contribution >= 0.6 is 0 Å². The lowest BCUT2D eigenvalue weighted by atomic mass is 10.0. The highest BCUT2D eigenvalue weighted by Gasteiger charge is 2.07. The van der Waals surface area contributed by atoms with Gasteiger partial charge in [-0.2, -0.15) is 0 Å². The highest BCUT2D eigenvalue weighted by Crippen LogP contribution is 2.06. The maximum absolute atomic E-state index is 11.7. The van der Waals surface area contributed by atoms with Crippen molar-refractivity contribution in [3.8, 4) is 0 Å². The van der Waals surface area contributed by atoms with Crippen molar-refractivity contribution in [3.05, 3.63) is 35.4 Å². The molecule has 0 bridgehead atoms. The van der Waals surface area contributed by atoms with Crippen LogP contribution in [0.5, 0.6) is 0 Å². The molecule has 1 amide bonds. The summed E-state index contributed by atoms with van der Waals surface area (Å²) in [5.41, 5.74) is 1.73. The number of ketones is 2. The fraction of sp³-hybridized carbons (Fsp3) is 0.474. The van der Waals surface area contributed by atoms with Gasteiger partial charge in [-0.1, -0.05) is 24.3 Å². The molecule has 26 heavy (non-hydrogen) atoms. The molecule has 0 radical (unpaired) electrons. The van der Waals surface area contributed by atoms with Gasteiger partial charge in [0.25, 0.3) is 0 Å². The van der Waals surface area contributed by atoms with E-state index in [1.165, 1.54) is 13.8 Å². The zero-order valence-electron chi connectivity index (χ0n) is 15.2. The van der Waals surface area contributed by atoms with Crippen molar-refractivity contribution in [1.82, 2.24) is 5.32 Å². The van der Waals surface area contributed by atoms with E-state index in [-0.39, 0.29) is 49.5 Å². The quantitative estimate of drug-likeness (QED) is 0.342. The molecule has 0 aliphatic rings. The molecule has 1 N–H and O–H groups in total. The van der Waals surface area contributed by atoms with E-state index in [0.717, 1.165) is 11.1 Å². The summed E-state index contributed by atoms with van der Waals surface area (Å²) in [5.74, 6) is -0.817. The molecule has 142 valence electrons. The Bertz CT molecular complexity index is 623. The number of ether oxygens (including phenoxy) is 2. The van der Waals surface area contributed by atoms with Gasteiger partial charge in [0.05, 0.1) is 19.6 Å². The van der Waals surface area contributed by atoms with E-state index in [1.807, 2.05) is 24.3 Å². The molecule has 0 heterocycles. The number of rotatable bonds is 12. The molecule has 0 aromatic heterocycles. The molecule has 0 aliphatic carbocycles. The predicted molar refractivity (Wildman–Crippen MR) is 94.4 cm³/mol. The topological polar surface area (TPSA) is 98.8 Å². The Labute approximate surface area is 153 Å². The first-order valence-electron chi connectivity index (χ1n) is 8.43. The number of nitrogens with one attached hydrogen (secondary N) is 1. The molecule has 1 rings (SSSR count). The number of esters is 1. The molecular weight excluding hydrogens is 338 g/mol. The average molecular weight is 363 g/mol. The zero-order valence-corrected chi connectivity index (χ0v) is 15.2. The van der Waals surface area contributed by atoms with Gasteiger partial charge >= 0.3 is 5.97 Å². The van der Waals surface area contributed by atoms with Gasteiger partial charge in [0.1, 0.15) is 18.2 Å².